The summed E-state index contributed by atoms with van der Waals surface area (Å²) in [4.78, 5) is 12.6. The second-order valence-electron chi connectivity index (χ2n) is 7.70. The monoisotopic (exact) mass is 298 g/mol. The summed E-state index contributed by atoms with van der Waals surface area (Å²) < 4.78 is 5.68. The normalized spacial score (nSPS) is 28.0. The standard InChI is InChI=1S/C17H34N2O2/c1-8-21-14-9-17(18,16(14,6)7)15(20)19-10-13(11(2)3)12(4)5/h11-14H,8-10,18H2,1-7H3,(H,19,20). The lowest BCUT2D eigenvalue weighted by Crippen LogP contribution is -2.76. The number of nitrogens with two attached hydrogens (primary N) is 1. The van der Waals surface area contributed by atoms with E-state index in [1.807, 2.05) is 20.8 Å². The van der Waals surface area contributed by atoms with Crippen LogP contribution in [0.25, 0.3) is 0 Å². The zero-order chi connectivity index (χ0) is 16.4. The SMILES string of the molecule is CCOC1CC(N)(C(=O)NCC(C(C)C)C(C)C)C1(C)C. The van der Waals surface area contributed by atoms with Crippen LogP contribution in [-0.2, 0) is 9.53 Å². The number of rotatable bonds is 7. The molecule has 0 heterocycles. The van der Waals surface area contributed by atoms with Crippen LogP contribution in [0.3, 0.4) is 0 Å². The fourth-order valence-corrected chi connectivity index (χ4v) is 3.43. The van der Waals surface area contributed by atoms with E-state index < -0.39 is 5.54 Å². The van der Waals surface area contributed by atoms with Gasteiger partial charge in [0.25, 0.3) is 0 Å². The average Bonchev–Trinajstić information content (AvgIpc) is 2.37. The van der Waals surface area contributed by atoms with Crippen molar-refractivity contribution in [3.8, 4) is 0 Å². The van der Waals surface area contributed by atoms with Gasteiger partial charge in [-0.3, -0.25) is 4.79 Å². The maximum Gasteiger partial charge on any atom is 0.240 e. The minimum atomic E-state index is -0.814. The van der Waals surface area contributed by atoms with Crippen LogP contribution in [0.1, 0.15) is 54.9 Å². The lowest BCUT2D eigenvalue weighted by atomic mass is 9.54. The number of hydrogen-bond donors (Lipinski definition) is 2. The van der Waals surface area contributed by atoms with E-state index in [-0.39, 0.29) is 17.4 Å². The molecule has 4 heteroatoms. The second kappa shape index (κ2) is 6.66. The number of ether oxygens (including phenoxy) is 1. The number of amides is 1. The number of carbonyl (C=O) groups excluding carboxylic acids is 1. The van der Waals surface area contributed by atoms with Gasteiger partial charge in [-0.15, -0.1) is 0 Å². The fourth-order valence-electron chi connectivity index (χ4n) is 3.43. The van der Waals surface area contributed by atoms with E-state index in [0.717, 1.165) is 0 Å². The highest BCUT2D eigenvalue weighted by molar-refractivity contribution is 5.88. The third kappa shape index (κ3) is 3.42. The molecular formula is C17H34N2O2. The summed E-state index contributed by atoms with van der Waals surface area (Å²) in [5.41, 5.74) is 5.26. The number of nitrogens with one attached hydrogen (secondary N) is 1. The molecule has 2 atom stereocenters. The van der Waals surface area contributed by atoms with E-state index >= 15 is 0 Å². The largest absolute Gasteiger partial charge is 0.378 e. The Morgan fingerprint density at radius 2 is 1.81 bits per heavy atom. The van der Waals surface area contributed by atoms with Gasteiger partial charge in [-0.05, 0) is 24.7 Å². The molecule has 1 saturated carbocycles. The molecule has 0 aromatic heterocycles. The Morgan fingerprint density at radius 1 is 1.29 bits per heavy atom. The Kier molecular flexibility index (Phi) is 5.84. The minimum Gasteiger partial charge on any atom is -0.378 e. The molecule has 0 aliphatic heterocycles. The molecule has 0 aromatic rings. The van der Waals surface area contributed by atoms with Crippen LogP contribution in [0.5, 0.6) is 0 Å². The van der Waals surface area contributed by atoms with Crippen molar-refractivity contribution in [2.45, 2.75) is 66.5 Å². The molecule has 3 N–H and O–H groups in total. The highest BCUT2D eigenvalue weighted by Gasteiger charge is 2.62. The number of carbonyl (C=O) groups is 1. The van der Waals surface area contributed by atoms with Crippen LogP contribution >= 0.6 is 0 Å². The van der Waals surface area contributed by atoms with Gasteiger partial charge >= 0.3 is 0 Å². The van der Waals surface area contributed by atoms with Gasteiger partial charge in [0.1, 0.15) is 5.54 Å². The predicted octanol–water partition coefficient (Wildman–Crippen LogP) is 2.56. The predicted molar refractivity (Wildman–Crippen MR) is 86.9 cm³/mol. The molecule has 0 radical (unpaired) electrons. The first-order valence-electron chi connectivity index (χ1n) is 8.26. The molecule has 1 aliphatic carbocycles. The van der Waals surface area contributed by atoms with Gasteiger partial charge in [0, 0.05) is 25.0 Å². The van der Waals surface area contributed by atoms with Gasteiger partial charge in [-0.1, -0.05) is 41.5 Å². The summed E-state index contributed by atoms with van der Waals surface area (Å²) in [6, 6.07) is 0. The van der Waals surface area contributed by atoms with E-state index in [1.54, 1.807) is 0 Å². The van der Waals surface area contributed by atoms with E-state index in [4.69, 9.17) is 10.5 Å². The molecule has 21 heavy (non-hydrogen) atoms. The third-order valence-corrected chi connectivity index (χ3v) is 5.45. The third-order valence-electron chi connectivity index (χ3n) is 5.45. The van der Waals surface area contributed by atoms with Crippen molar-refractivity contribution in [3.05, 3.63) is 0 Å². The van der Waals surface area contributed by atoms with Gasteiger partial charge in [0.05, 0.1) is 6.10 Å². The Hall–Kier alpha value is -0.610. The van der Waals surface area contributed by atoms with Crippen molar-refractivity contribution in [3.63, 3.8) is 0 Å². The fraction of sp³-hybridized carbons (Fsp3) is 0.941. The van der Waals surface area contributed by atoms with Gasteiger partial charge in [0.15, 0.2) is 0 Å². The van der Waals surface area contributed by atoms with Crippen LogP contribution in [0.4, 0.5) is 0 Å². The summed E-state index contributed by atoms with van der Waals surface area (Å²) in [6.45, 7) is 16.2. The first kappa shape index (κ1) is 18.4. The van der Waals surface area contributed by atoms with Crippen LogP contribution in [0, 0.1) is 23.2 Å². The lowest BCUT2D eigenvalue weighted by Gasteiger charge is -2.57. The minimum absolute atomic E-state index is 0.0326. The zero-order valence-corrected chi connectivity index (χ0v) is 14.8. The van der Waals surface area contributed by atoms with Crippen molar-refractivity contribution in [2.75, 3.05) is 13.2 Å². The van der Waals surface area contributed by atoms with Crippen LogP contribution < -0.4 is 11.1 Å². The molecule has 0 aromatic carbocycles. The molecule has 0 spiro atoms. The van der Waals surface area contributed by atoms with Gasteiger partial charge in [0.2, 0.25) is 5.91 Å². The first-order chi connectivity index (χ1) is 9.57. The second-order valence-corrected chi connectivity index (χ2v) is 7.70. The first-order valence-corrected chi connectivity index (χ1v) is 8.26. The highest BCUT2D eigenvalue weighted by atomic mass is 16.5. The van der Waals surface area contributed by atoms with E-state index in [2.05, 4.69) is 33.0 Å². The summed E-state index contributed by atoms with van der Waals surface area (Å²) in [6.07, 6.45) is 0.678. The topological polar surface area (TPSA) is 64.3 Å². The van der Waals surface area contributed by atoms with E-state index in [0.29, 0.717) is 37.3 Å². The summed E-state index contributed by atoms with van der Waals surface area (Å²) in [7, 11) is 0. The lowest BCUT2D eigenvalue weighted by molar-refractivity contribution is -0.170. The molecule has 0 bridgehead atoms. The van der Waals surface area contributed by atoms with Crippen LogP contribution in [0.15, 0.2) is 0 Å². The van der Waals surface area contributed by atoms with Crippen molar-refractivity contribution in [1.82, 2.24) is 5.32 Å². The molecule has 1 amide bonds. The number of hydrogen-bond acceptors (Lipinski definition) is 3. The maximum atomic E-state index is 12.6. The van der Waals surface area contributed by atoms with Gasteiger partial charge in [-0.2, -0.15) is 0 Å². The molecule has 124 valence electrons. The smallest absolute Gasteiger partial charge is 0.240 e. The Morgan fingerprint density at radius 3 is 2.19 bits per heavy atom. The van der Waals surface area contributed by atoms with Crippen LogP contribution in [-0.4, -0.2) is 30.7 Å². The molecule has 1 rings (SSSR count). The molecule has 1 fully saturated rings. The molecule has 2 unspecified atom stereocenters. The highest BCUT2D eigenvalue weighted by Crippen LogP contribution is 2.49. The maximum absolute atomic E-state index is 12.6. The Bertz CT molecular complexity index is 358. The summed E-state index contributed by atoms with van der Waals surface area (Å²) >= 11 is 0. The van der Waals surface area contributed by atoms with Crippen molar-refractivity contribution >= 4 is 5.91 Å². The van der Waals surface area contributed by atoms with Crippen molar-refractivity contribution in [1.29, 1.82) is 0 Å². The van der Waals surface area contributed by atoms with E-state index in [1.165, 1.54) is 0 Å². The van der Waals surface area contributed by atoms with Crippen molar-refractivity contribution < 1.29 is 9.53 Å². The van der Waals surface area contributed by atoms with Crippen LogP contribution in [0.2, 0.25) is 0 Å². The van der Waals surface area contributed by atoms with E-state index in [9.17, 15) is 4.79 Å². The van der Waals surface area contributed by atoms with Gasteiger partial charge < -0.3 is 15.8 Å². The van der Waals surface area contributed by atoms with Gasteiger partial charge in [-0.25, -0.2) is 0 Å². The average molecular weight is 298 g/mol. The summed E-state index contributed by atoms with van der Waals surface area (Å²) in [5.74, 6) is 1.53. The Labute approximate surface area is 130 Å². The quantitative estimate of drug-likeness (QED) is 0.759. The molecular weight excluding hydrogens is 264 g/mol. The Balaban J connectivity index is 2.64. The van der Waals surface area contributed by atoms with Crippen molar-refractivity contribution in [2.24, 2.45) is 28.9 Å². The molecule has 4 nitrogen and oxygen atoms in total. The zero-order valence-electron chi connectivity index (χ0n) is 14.8. The molecule has 1 aliphatic rings. The summed E-state index contributed by atoms with van der Waals surface area (Å²) in [5, 5.41) is 3.09. The molecule has 0 saturated heterocycles.